The lowest BCUT2D eigenvalue weighted by atomic mass is 10.2. The number of hydrogen-bond donors (Lipinski definition) is 2. The van der Waals surface area contributed by atoms with Crippen molar-refractivity contribution >= 4 is 29.0 Å². The van der Waals surface area contributed by atoms with Gasteiger partial charge in [0.25, 0.3) is 0 Å². The first-order valence-electron chi connectivity index (χ1n) is 7.71. The summed E-state index contributed by atoms with van der Waals surface area (Å²) in [5, 5.41) is 9.73. The van der Waals surface area contributed by atoms with Crippen LogP contribution in [0.1, 0.15) is 23.1 Å². The molecule has 1 aromatic carbocycles. The highest BCUT2D eigenvalue weighted by Gasteiger charge is 2.11. The summed E-state index contributed by atoms with van der Waals surface area (Å²) in [6.45, 7) is 1.96. The zero-order valence-corrected chi connectivity index (χ0v) is 13.8. The van der Waals surface area contributed by atoms with Gasteiger partial charge >= 0.3 is 12.0 Å². The fourth-order valence-electron chi connectivity index (χ4n) is 2.32. The molecule has 2 aromatic heterocycles. The molecule has 0 saturated heterocycles. The van der Waals surface area contributed by atoms with E-state index in [1.54, 1.807) is 41.0 Å². The second-order valence-electron chi connectivity index (χ2n) is 5.22. The Morgan fingerprint density at radius 3 is 2.80 bits per heavy atom. The minimum atomic E-state index is -0.468. The maximum absolute atomic E-state index is 12.3. The molecule has 0 saturated carbocycles. The summed E-state index contributed by atoms with van der Waals surface area (Å²) in [5.74, 6) is 0.227. The lowest BCUT2D eigenvalue weighted by molar-refractivity contribution is 0.0600. The van der Waals surface area contributed by atoms with Gasteiger partial charge in [-0.2, -0.15) is 5.10 Å². The summed E-state index contributed by atoms with van der Waals surface area (Å²) in [7, 11) is 1.30. The molecule has 8 nitrogen and oxygen atoms in total. The number of ether oxygens (including phenoxy) is 1. The monoisotopic (exact) mass is 339 g/mol. The van der Waals surface area contributed by atoms with Crippen LogP contribution in [0.25, 0.3) is 5.65 Å². The molecule has 2 amide bonds. The Bertz CT molecular complexity index is 935. The number of carbonyl (C=O) groups is 2. The van der Waals surface area contributed by atoms with Gasteiger partial charge in [0, 0.05) is 18.3 Å². The van der Waals surface area contributed by atoms with Crippen LogP contribution in [-0.2, 0) is 11.2 Å². The highest BCUT2D eigenvalue weighted by molar-refractivity contribution is 6.02. The lowest BCUT2D eigenvalue weighted by Gasteiger charge is -2.09. The van der Waals surface area contributed by atoms with Crippen LogP contribution in [0.3, 0.4) is 0 Å². The highest BCUT2D eigenvalue weighted by atomic mass is 16.5. The number of aryl methyl sites for hydroxylation is 1. The first-order chi connectivity index (χ1) is 12.1. The standard InChI is InChI=1S/C17H17N5O3/c1-3-14-20-15-13(8-5-9-22(15)21-14)19-17(24)18-12-7-4-6-11(10-12)16(23)25-2/h4-10H,3H2,1-2H3,(H2,18,19,24). The Morgan fingerprint density at radius 2 is 2.04 bits per heavy atom. The number of pyridine rings is 1. The predicted molar refractivity (Wildman–Crippen MR) is 92.8 cm³/mol. The number of amides is 2. The van der Waals surface area contributed by atoms with Crippen molar-refractivity contribution in [3.05, 3.63) is 54.0 Å². The molecular formula is C17H17N5O3. The summed E-state index contributed by atoms with van der Waals surface area (Å²) in [4.78, 5) is 28.2. The van der Waals surface area contributed by atoms with Crippen molar-refractivity contribution < 1.29 is 14.3 Å². The third kappa shape index (κ3) is 3.57. The van der Waals surface area contributed by atoms with Crippen molar-refractivity contribution in [1.82, 2.24) is 14.6 Å². The van der Waals surface area contributed by atoms with Crippen molar-refractivity contribution in [2.75, 3.05) is 17.7 Å². The topological polar surface area (TPSA) is 97.6 Å². The maximum atomic E-state index is 12.3. The molecule has 128 valence electrons. The van der Waals surface area contributed by atoms with Crippen molar-refractivity contribution in [2.45, 2.75) is 13.3 Å². The number of nitrogens with one attached hydrogen (secondary N) is 2. The average molecular weight is 339 g/mol. The summed E-state index contributed by atoms with van der Waals surface area (Å²) in [5.41, 5.74) is 1.93. The first-order valence-corrected chi connectivity index (χ1v) is 7.71. The third-order valence-corrected chi connectivity index (χ3v) is 3.51. The largest absolute Gasteiger partial charge is 0.465 e. The van der Waals surface area contributed by atoms with Crippen LogP contribution in [0, 0.1) is 0 Å². The molecule has 2 N–H and O–H groups in total. The van der Waals surface area contributed by atoms with E-state index >= 15 is 0 Å². The van der Waals surface area contributed by atoms with Gasteiger partial charge in [0.15, 0.2) is 11.5 Å². The van der Waals surface area contributed by atoms with Crippen LogP contribution < -0.4 is 10.6 Å². The number of anilines is 2. The van der Waals surface area contributed by atoms with Gasteiger partial charge in [0.1, 0.15) is 0 Å². The van der Waals surface area contributed by atoms with Crippen molar-refractivity contribution in [1.29, 1.82) is 0 Å². The predicted octanol–water partition coefficient (Wildman–Crippen LogP) is 2.72. The van der Waals surface area contributed by atoms with E-state index in [4.69, 9.17) is 0 Å². The van der Waals surface area contributed by atoms with Gasteiger partial charge in [-0.05, 0) is 30.3 Å². The number of aromatic nitrogens is 3. The van der Waals surface area contributed by atoms with Crippen molar-refractivity contribution in [3.8, 4) is 0 Å². The average Bonchev–Trinajstić information content (AvgIpc) is 3.05. The van der Waals surface area contributed by atoms with E-state index in [1.807, 2.05) is 6.92 Å². The van der Waals surface area contributed by atoms with Crippen LogP contribution in [-0.4, -0.2) is 33.7 Å². The quantitative estimate of drug-likeness (QED) is 0.712. The fourth-order valence-corrected chi connectivity index (χ4v) is 2.32. The van der Waals surface area contributed by atoms with Gasteiger partial charge in [-0.25, -0.2) is 19.1 Å². The normalized spacial score (nSPS) is 10.5. The SMILES string of the molecule is CCc1nc2c(NC(=O)Nc3cccc(C(=O)OC)c3)cccn2n1. The Balaban J connectivity index is 1.77. The molecule has 2 heterocycles. The number of methoxy groups -OCH3 is 1. The minimum absolute atomic E-state index is 0.354. The molecule has 0 aliphatic carbocycles. The Kier molecular flexibility index (Phi) is 4.60. The van der Waals surface area contributed by atoms with Crippen LogP contribution in [0.2, 0.25) is 0 Å². The number of benzene rings is 1. The fraction of sp³-hybridized carbons (Fsp3) is 0.176. The molecule has 0 atom stereocenters. The van der Waals surface area contributed by atoms with Gasteiger partial charge in [-0.15, -0.1) is 0 Å². The summed E-state index contributed by atoms with van der Waals surface area (Å²) in [6, 6.07) is 9.56. The van der Waals surface area contributed by atoms with Gasteiger partial charge < -0.3 is 15.4 Å². The number of rotatable bonds is 4. The molecule has 0 unspecified atom stereocenters. The van der Waals surface area contributed by atoms with Gasteiger partial charge in [-0.1, -0.05) is 13.0 Å². The molecule has 0 bridgehead atoms. The Hall–Kier alpha value is -3.42. The number of urea groups is 1. The Labute approximate surface area is 143 Å². The second-order valence-corrected chi connectivity index (χ2v) is 5.22. The molecule has 3 rings (SSSR count). The number of esters is 1. The second kappa shape index (κ2) is 7.00. The summed E-state index contributed by atoms with van der Waals surface area (Å²) in [6.07, 6.45) is 2.47. The van der Waals surface area contributed by atoms with Gasteiger partial charge in [0.05, 0.1) is 18.4 Å². The van der Waals surface area contributed by atoms with E-state index in [9.17, 15) is 9.59 Å². The molecule has 0 fully saturated rings. The van der Waals surface area contributed by atoms with E-state index in [0.717, 1.165) is 0 Å². The summed E-state index contributed by atoms with van der Waals surface area (Å²) < 4.78 is 6.29. The minimum Gasteiger partial charge on any atom is -0.465 e. The molecule has 0 aliphatic heterocycles. The molecule has 3 aromatic rings. The van der Waals surface area contributed by atoms with Crippen LogP contribution in [0.4, 0.5) is 16.2 Å². The molecular weight excluding hydrogens is 322 g/mol. The van der Waals surface area contributed by atoms with Crippen LogP contribution >= 0.6 is 0 Å². The van der Waals surface area contributed by atoms with Crippen LogP contribution in [0.15, 0.2) is 42.6 Å². The highest BCUT2D eigenvalue weighted by Crippen LogP contribution is 2.16. The van der Waals surface area contributed by atoms with E-state index in [1.165, 1.54) is 13.2 Å². The molecule has 0 spiro atoms. The smallest absolute Gasteiger partial charge is 0.337 e. The molecule has 25 heavy (non-hydrogen) atoms. The first kappa shape index (κ1) is 16.4. The number of fused-ring (bicyclic) bond motifs is 1. The zero-order valence-electron chi connectivity index (χ0n) is 13.8. The zero-order chi connectivity index (χ0) is 17.8. The lowest BCUT2D eigenvalue weighted by Crippen LogP contribution is -2.20. The number of carbonyl (C=O) groups excluding carboxylic acids is 2. The number of hydrogen-bond acceptors (Lipinski definition) is 5. The van der Waals surface area contributed by atoms with E-state index < -0.39 is 12.0 Å². The Morgan fingerprint density at radius 1 is 1.20 bits per heavy atom. The van der Waals surface area contributed by atoms with E-state index in [0.29, 0.717) is 34.8 Å². The summed E-state index contributed by atoms with van der Waals surface area (Å²) >= 11 is 0. The molecule has 0 aliphatic rings. The van der Waals surface area contributed by atoms with E-state index in [-0.39, 0.29) is 0 Å². The maximum Gasteiger partial charge on any atom is 0.337 e. The van der Waals surface area contributed by atoms with Crippen LogP contribution in [0.5, 0.6) is 0 Å². The van der Waals surface area contributed by atoms with Gasteiger partial charge in [0.2, 0.25) is 0 Å². The van der Waals surface area contributed by atoms with E-state index in [2.05, 4.69) is 25.5 Å². The van der Waals surface area contributed by atoms with Gasteiger partial charge in [-0.3, -0.25) is 0 Å². The third-order valence-electron chi connectivity index (χ3n) is 3.51. The molecule has 0 radical (unpaired) electrons. The van der Waals surface area contributed by atoms with Crippen molar-refractivity contribution in [2.24, 2.45) is 0 Å². The molecule has 8 heteroatoms. The number of nitrogens with zero attached hydrogens (tertiary/aromatic N) is 3. The van der Waals surface area contributed by atoms with Crippen molar-refractivity contribution in [3.63, 3.8) is 0 Å².